The van der Waals surface area contributed by atoms with Crippen LogP contribution in [0.2, 0.25) is 0 Å². The van der Waals surface area contributed by atoms with Gasteiger partial charge in [-0.2, -0.15) is 5.26 Å². The largest absolute Gasteiger partial charge is 0.348 e. The van der Waals surface area contributed by atoms with Gasteiger partial charge >= 0.3 is 0 Å². The van der Waals surface area contributed by atoms with Crippen molar-refractivity contribution in [2.24, 2.45) is 0 Å². The van der Waals surface area contributed by atoms with Crippen molar-refractivity contribution in [1.29, 1.82) is 5.26 Å². The highest BCUT2D eigenvalue weighted by Crippen LogP contribution is 2.32. The highest BCUT2D eigenvalue weighted by molar-refractivity contribution is 7.99. The zero-order chi connectivity index (χ0) is 21.6. The Bertz CT molecular complexity index is 1150. The molecule has 0 saturated carbocycles. The summed E-state index contributed by atoms with van der Waals surface area (Å²) in [6.07, 6.45) is 1.50. The van der Waals surface area contributed by atoms with Gasteiger partial charge in [-0.05, 0) is 48.4 Å². The average molecular weight is 428 g/mol. The van der Waals surface area contributed by atoms with Gasteiger partial charge in [-0.25, -0.2) is 0 Å². The monoisotopic (exact) mass is 427 g/mol. The van der Waals surface area contributed by atoms with E-state index in [0.717, 1.165) is 34.0 Å². The fourth-order valence-corrected chi connectivity index (χ4v) is 4.53. The first-order valence-electron chi connectivity index (χ1n) is 10.1. The Morgan fingerprint density at radius 2 is 1.71 bits per heavy atom. The van der Waals surface area contributed by atoms with Crippen molar-refractivity contribution in [1.82, 2.24) is 5.32 Å². The van der Waals surface area contributed by atoms with E-state index in [9.17, 15) is 14.9 Å². The second-order valence-corrected chi connectivity index (χ2v) is 8.29. The predicted molar refractivity (Wildman–Crippen MR) is 121 cm³/mol. The number of nitrogens with one attached hydrogen (secondary N) is 1. The van der Waals surface area contributed by atoms with E-state index in [0.29, 0.717) is 24.1 Å². The van der Waals surface area contributed by atoms with Gasteiger partial charge in [0.25, 0.3) is 5.91 Å². The molecule has 0 aromatic heterocycles. The van der Waals surface area contributed by atoms with Gasteiger partial charge in [-0.1, -0.05) is 48.2 Å². The molecule has 1 aliphatic rings. The van der Waals surface area contributed by atoms with E-state index < -0.39 is 0 Å². The van der Waals surface area contributed by atoms with Crippen LogP contribution in [0.3, 0.4) is 0 Å². The van der Waals surface area contributed by atoms with E-state index >= 15 is 0 Å². The zero-order valence-corrected chi connectivity index (χ0v) is 17.7. The van der Waals surface area contributed by atoms with E-state index in [1.807, 2.05) is 60.7 Å². The third-order valence-corrected chi connectivity index (χ3v) is 6.29. The maximum absolute atomic E-state index is 12.9. The number of nitriles is 1. The van der Waals surface area contributed by atoms with Gasteiger partial charge in [0, 0.05) is 35.0 Å². The number of amides is 2. The zero-order valence-electron chi connectivity index (χ0n) is 16.9. The number of hydrogen-bond acceptors (Lipinski definition) is 4. The van der Waals surface area contributed by atoms with Crippen molar-refractivity contribution < 1.29 is 9.59 Å². The number of benzene rings is 3. The summed E-state index contributed by atoms with van der Waals surface area (Å²) in [5.41, 5.74) is 3.01. The van der Waals surface area contributed by atoms with Crippen molar-refractivity contribution >= 4 is 29.3 Å². The molecule has 3 aromatic carbocycles. The number of hydrogen-bond donors (Lipinski definition) is 1. The van der Waals surface area contributed by atoms with Gasteiger partial charge in [-0.3, -0.25) is 9.59 Å². The smallest absolute Gasteiger partial charge is 0.252 e. The summed E-state index contributed by atoms with van der Waals surface area (Å²) in [4.78, 5) is 28.2. The van der Waals surface area contributed by atoms with Crippen molar-refractivity contribution in [3.63, 3.8) is 0 Å². The molecule has 0 unspecified atom stereocenters. The SMILES string of the molecule is N#Cc1ccccc1Sc1ccccc1C(=O)NCc1ccc(N2CCCC2=O)cc1. The third kappa shape index (κ3) is 4.79. The first kappa shape index (κ1) is 20.7. The van der Waals surface area contributed by atoms with Crippen LogP contribution in [-0.4, -0.2) is 18.4 Å². The van der Waals surface area contributed by atoms with E-state index in [1.54, 1.807) is 17.0 Å². The lowest BCUT2D eigenvalue weighted by molar-refractivity contribution is -0.117. The minimum absolute atomic E-state index is 0.160. The lowest BCUT2D eigenvalue weighted by atomic mass is 10.1. The summed E-state index contributed by atoms with van der Waals surface area (Å²) in [5, 5.41) is 12.3. The highest BCUT2D eigenvalue weighted by Gasteiger charge is 2.21. The van der Waals surface area contributed by atoms with Crippen LogP contribution < -0.4 is 10.2 Å². The van der Waals surface area contributed by atoms with Crippen molar-refractivity contribution in [2.75, 3.05) is 11.4 Å². The van der Waals surface area contributed by atoms with Gasteiger partial charge in [0.15, 0.2) is 0 Å². The molecular formula is C25H21N3O2S. The van der Waals surface area contributed by atoms with E-state index in [2.05, 4.69) is 11.4 Å². The number of carbonyl (C=O) groups is 2. The molecule has 1 N–H and O–H groups in total. The van der Waals surface area contributed by atoms with E-state index in [4.69, 9.17) is 0 Å². The van der Waals surface area contributed by atoms with Gasteiger partial charge in [0.1, 0.15) is 6.07 Å². The molecule has 2 amide bonds. The van der Waals surface area contributed by atoms with Gasteiger partial charge < -0.3 is 10.2 Å². The molecule has 5 nitrogen and oxygen atoms in total. The molecule has 0 spiro atoms. The lowest BCUT2D eigenvalue weighted by Gasteiger charge is -2.16. The van der Waals surface area contributed by atoms with Crippen LogP contribution in [0.5, 0.6) is 0 Å². The van der Waals surface area contributed by atoms with Gasteiger partial charge in [-0.15, -0.1) is 0 Å². The molecule has 1 fully saturated rings. The molecule has 0 radical (unpaired) electrons. The van der Waals surface area contributed by atoms with Crippen LogP contribution in [0.15, 0.2) is 82.6 Å². The van der Waals surface area contributed by atoms with Crippen LogP contribution in [0.25, 0.3) is 0 Å². The fourth-order valence-electron chi connectivity index (χ4n) is 3.50. The van der Waals surface area contributed by atoms with Gasteiger partial charge in [0.05, 0.1) is 11.1 Å². The molecule has 154 valence electrons. The van der Waals surface area contributed by atoms with Gasteiger partial charge in [0.2, 0.25) is 5.91 Å². The number of rotatable bonds is 6. The minimum atomic E-state index is -0.170. The number of carbonyl (C=O) groups excluding carboxylic acids is 2. The Morgan fingerprint density at radius 3 is 2.42 bits per heavy atom. The number of nitrogens with zero attached hydrogens (tertiary/aromatic N) is 2. The minimum Gasteiger partial charge on any atom is -0.348 e. The van der Waals surface area contributed by atoms with E-state index in [-0.39, 0.29) is 11.8 Å². The molecule has 0 bridgehead atoms. The maximum atomic E-state index is 12.9. The van der Waals surface area contributed by atoms with Crippen LogP contribution in [0.1, 0.15) is 34.3 Å². The van der Waals surface area contributed by atoms with Crippen molar-refractivity contribution in [3.8, 4) is 6.07 Å². The third-order valence-electron chi connectivity index (χ3n) is 5.13. The molecule has 1 heterocycles. The Balaban J connectivity index is 1.43. The summed E-state index contributed by atoms with van der Waals surface area (Å²) >= 11 is 1.41. The first-order valence-corrected chi connectivity index (χ1v) is 10.9. The lowest BCUT2D eigenvalue weighted by Crippen LogP contribution is -2.24. The predicted octanol–water partition coefficient (Wildman–Crippen LogP) is 4.77. The standard InChI is InChI=1S/C25H21N3O2S/c26-16-19-6-1-3-8-22(19)31-23-9-4-2-7-21(23)25(30)27-17-18-11-13-20(14-12-18)28-15-5-10-24(28)29/h1-4,6-9,11-14H,5,10,15,17H2,(H,27,30). The molecular weight excluding hydrogens is 406 g/mol. The molecule has 1 saturated heterocycles. The topological polar surface area (TPSA) is 73.2 Å². The second-order valence-electron chi connectivity index (χ2n) is 7.20. The van der Waals surface area contributed by atoms with Crippen molar-refractivity contribution in [3.05, 3.63) is 89.5 Å². The summed E-state index contributed by atoms with van der Waals surface area (Å²) in [6.45, 7) is 1.15. The Labute approximate surface area is 185 Å². The average Bonchev–Trinajstić information content (AvgIpc) is 3.24. The first-order chi connectivity index (χ1) is 15.2. The summed E-state index contributed by atoms with van der Waals surface area (Å²) in [6, 6.07) is 24.6. The molecule has 4 rings (SSSR count). The Morgan fingerprint density at radius 1 is 1.00 bits per heavy atom. The fraction of sp³-hybridized carbons (Fsp3) is 0.160. The van der Waals surface area contributed by atoms with Crippen molar-refractivity contribution in [2.45, 2.75) is 29.2 Å². The molecule has 0 atom stereocenters. The molecule has 1 aliphatic heterocycles. The maximum Gasteiger partial charge on any atom is 0.252 e. The summed E-state index contributed by atoms with van der Waals surface area (Å²) in [7, 11) is 0. The van der Waals surface area contributed by atoms with Crippen LogP contribution in [-0.2, 0) is 11.3 Å². The molecule has 0 aliphatic carbocycles. The van der Waals surface area contributed by atoms with Crippen LogP contribution in [0.4, 0.5) is 5.69 Å². The summed E-state index contributed by atoms with van der Waals surface area (Å²) in [5.74, 6) is -0.00975. The van der Waals surface area contributed by atoms with Crippen LogP contribution in [0, 0.1) is 11.3 Å². The molecule has 6 heteroatoms. The Hall–Kier alpha value is -3.56. The molecule has 31 heavy (non-hydrogen) atoms. The molecule has 3 aromatic rings. The van der Waals surface area contributed by atoms with Crippen LogP contribution >= 0.6 is 11.8 Å². The normalized spacial score (nSPS) is 13.1. The Kier molecular flexibility index (Phi) is 6.34. The highest BCUT2D eigenvalue weighted by atomic mass is 32.2. The second kappa shape index (κ2) is 9.50. The quantitative estimate of drug-likeness (QED) is 0.615. The number of anilines is 1. The summed E-state index contributed by atoms with van der Waals surface area (Å²) < 4.78 is 0. The van der Waals surface area contributed by atoms with E-state index in [1.165, 1.54) is 11.8 Å².